The molecule has 7 heteroatoms. The van der Waals surface area contributed by atoms with E-state index in [0.717, 1.165) is 11.3 Å². The Kier molecular flexibility index (Phi) is 3.70. The number of hydrogen-bond donors (Lipinski definition) is 3. The molecule has 1 heterocycles. The number of carboxylic acids is 2. The molecule has 0 aromatic carbocycles. The Labute approximate surface area is 83.2 Å². The van der Waals surface area contributed by atoms with Gasteiger partial charge in [-0.05, 0) is 0 Å². The lowest BCUT2D eigenvalue weighted by atomic mass is 10.2. The van der Waals surface area contributed by atoms with Gasteiger partial charge in [-0.2, -0.15) is 0 Å². The molecular formula is C6H6ClNO4S. The van der Waals surface area contributed by atoms with Crippen LogP contribution in [0.25, 0.3) is 0 Å². The van der Waals surface area contributed by atoms with Crippen LogP contribution >= 0.6 is 23.7 Å². The standard InChI is InChI=1S/C6H5NO4S.ClH/c7-2-1-12-4(6(10)11)3(2)5(8)9;/h1H,7H2,(H,8,9)(H,10,11);1H. The molecule has 1 aromatic rings. The molecule has 72 valence electrons. The van der Waals surface area contributed by atoms with Gasteiger partial charge in [0.25, 0.3) is 0 Å². The lowest BCUT2D eigenvalue weighted by Gasteiger charge is -1.93. The molecule has 0 saturated heterocycles. The summed E-state index contributed by atoms with van der Waals surface area (Å²) in [5.41, 5.74) is 4.91. The molecule has 0 fully saturated rings. The predicted octanol–water partition coefficient (Wildman–Crippen LogP) is 1.15. The van der Waals surface area contributed by atoms with Crippen LogP contribution in [0.2, 0.25) is 0 Å². The Hall–Kier alpha value is -1.27. The normalized spacial score (nSPS) is 8.92. The van der Waals surface area contributed by atoms with E-state index in [2.05, 4.69) is 0 Å². The average molecular weight is 224 g/mol. The number of thiophene rings is 1. The fourth-order valence-corrected chi connectivity index (χ4v) is 1.54. The van der Waals surface area contributed by atoms with Gasteiger partial charge >= 0.3 is 11.9 Å². The predicted molar refractivity (Wildman–Crippen MR) is 49.9 cm³/mol. The topological polar surface area (TPSA) is 101 Å². The van der Waals surface area contributed by atoms with E-state index in [1.54, 1.807) is 0 Å². The van der Waals surface area contributed by atoms with Crippen LogP contribution in [-0.2, 0) is 0 Å². The lowest BCUT2D eigenvalue weighted by Crippen LogP contribution is -2.06. The highest BCUT2D eigenvalue weighted by Gasteiger charge is 2.20. The van der Waals surface area contributed by atoms with Crippen LogP contribution in [0.4, 0.5) is 5.69 Å². The lowest BCUT2D eigenvalue weighted by molar-refractivity contribution is 0.0657. The number of carboxylic acid groups (broad SMARTS) is 2. The Morgan fingerprint density at radius 1 is 1.31 bits per heavy atom. The van der Waals surface area contributed by atoms with Gasteiger partial charge in [0.2, 0.25) is 0 Å². The zero-order valence-corrected chi connectivity index (χ0v) is 7.82. The maximum atomic E-state index is 10.5. The summed E-state index contributed by atoms with van der Waals surface area (Å²) in [5.74, 6) is -2.58. The third-order valence-corrected chi connectivity index (χ3v) is 2.21. The highest BCUT2D eigenvalue weighted by molar-refractivity contribution is 7.12. The largest absolute Gasteiger partial charge is 0.478 e. The number of halogens is 1. The van der Waals surface area contributed by atoms with Crippen LogP contribution < -0.4 is 5.73 Å². The van der Waals surface area contributed by atoms with Crippen molar-refractivity contribution in [3.63, 3.8) is 0 Å². The second-order valence-electron chi connectivity index (χ2n) is 2.01. The Bertz CT molecular complexity index is 348. The molecule has 0 aliphatic heterocycles. The smallest absolute Gasteiger partial charge is 0.346 e. The fraction of sp³-hybridized carbons (Fsp3) is 0. The molecule has 5 nitrogen and oxygen atoms in total. The molecule has 0 amide bonds. The van der Waals surface area contributed by atoms with Gasteiger partial charge < -0.3 is 15.9 Å². The first-order chi connectivity index (χ1) is 5.54. The summed E-state index contributed by atoms with van der Waals surface area (Å²) in [7, 11) is 0. The molecular weight excluding hydrogens is 218 g/mol. The minimum atomic E-state index is -1.31. The fourth-order valence-electron chi connectivity index (χ4n) is 0.749. The first-order valence-corrected chi connectivity index (χ1v) is 3.75. The first kappa shape index (κ1) is 11.7. The van der Waals surface area contributed by atoms with Crippen molar-refractivity contribution in [2.24, 2.45) is 0 Å². The van der Waals surface area contributed by atoms with Crippen LogP contribution in [0.15, 0.2) is 5.38 Å². The van der Waals surface area contributed by atoms with E-state index in [1.165, 1.54) is 5.38 Å². The van der Waals surface area contributed by atoms with Crippen molar-refractivity contribution in [2.75, 3.05) is 5.73 Å². The van der Waals surface area contributed by atoms with E-state index in [1.807, 2.05) is 0 Å². The van der Waals surface area contributed by atoms with Gasteiger partial charge in [0, 0.05) is 5.38 Å². The van der Waals surface area contributed by atoms with E-state index in [9.17, 15) is 9.59 Å². The van der Waals surface area contributed by atoms with E-state index < -0.39 is 11.9 Å². The minimum absolute atomic E-state index is 0. The van der Waals surface area contributed by atoms with Gasteiger partial charge in [-0.3, -0.25) is 0 Å². The van der Waals surface area contributed by atoms with Gasteiger partial charge in [-0.25, -0.2) is 9.59 Å². The van der Waals surface area contributed by atoms with E-state index in [4.69, 9.17) is 15.9 Å². The van der Waals surface area contributed by atoms with Crippen molar-refractivity contribution in [1.29, 1.82) is 0 Å². The zero-order valence-electron chi connectivity index (χ0n) is 6.18. The minimum Gasteiger partial charge on any atom is -0.478 e. The van der Waals surface area contributed by atoms with Crippen LogP contribution in [-0.4, -0.2) is 22.2 Å². The Morgan fingerprint density at radius 3 is 2.15 bits per heavy atom. The van der Waals surface area contributed by atoms with E-state index in [0.29, 0.717) is 0 Å². The van der Waals surface area contributed by atoms with Gasteiger partial charge in [-0.15, -0.1) is 23.7 Å². The maximum absolute atomic E-state index is 10.5. The van der Waals surface area contributed by atoms with Crippen molar-refractivity contribution < 1.29 is 19.8 Å². The number of nitrogens with two attached hydrogens (primary N) is 1. The molecule has 0 bridgehead atoms. The molecule has 0 unspecified atom stereocenters. The first-order valence-electron chi connectivity index (χ1n) is 2.87. The van der Waals surface area contributed by atoms with Gasteiger partial charge in [0.15, 0.2) is 0 Å². The number of aromatic carboxylic acids is 2. The molecule has 0 radical (unpaired) electrons. The van der Waals surface area contributed by atoms with Crippen molar-refractivity contribution in [3.05, 3.63) is 15.8 Å². The summed E-state index contributed by atoms with van der Waals surface area (Å²) in [5, 5.41) is 18.4. The monoisotopic (exact) mass is 223 g/mol. The summed E-state index contributed by atoms with van der Waals surface area (Å²) in [6.45, 7) is 0. The van der Waals surface area contributed by atoms with Crippen LogP contribution in [0.3, 0.4) is 0 Å². The molecule has 0 spiro atoms. The molecule has 4 N–H and O–H groups in total. The number of rotatable bonds is 2. The summed E-state index contributed by atoms with van der Waals surface area (Å²) >= 11 is 0.807. The molecule has 0 saturated carbocycles. The molecule has 1 rings (SSSR count). The summed E-state index contributed by atoms with van der Waals surface area (Å²) in [4.78, 5) is 20.7. The van der Waals surface area contributed by atoms with E-state index in [-0.39, 0.29) is 28.5 Å². The van der Waals surface area contributed by atoms with Crippen LogP contribution in [0.5, 0.6) is 0 Å². The molecule has 0 aliphatic rings. The van der Waals surface area contributed by atoms with Crippen molar-refractivity contribution in [2.45, 2.75) is 0 Å². The van der Waals surface area contributed by atoms with Gasteiger partial charge in [0.1, 0.15) is 10.4 Å². The SMILES string of the molecule is Cl.Nc1csc(C(=O)O)c1C(=O)O. The highest BCUT2D eigenvalue weighted by Crippen LogP contribution is 2.24. The van der Waals surface area contributed by atoms with Crippen molar-refractivity contribution >= 4 is 41.4 Å². The highest BCUT2D eigenvalue weighted by atomic mass is 35.5. The van der Waals surface area contributed by atoms with Gasteiger partial charge in [0.05, 0.1) is 5.69 Å². The third kappa shape index (κ3) is 2.10. The number of anilines is 1. The second kappa shape index (κ2) is 4.11. The zero-order chi connectivity index (χ0) is 9.30. The van der Waals surface area contributed by atoms with Gasteiger partial charge in [-0.1, -0.05) is 0 Å². The summed E-state index contributed by atoms with van der Waals surface area (Å²) in [6.07, 6.45) is 0. The summed E-state index contributed by atoms with van der Waals surface area (Å²) in [6, 6.07) is 0. The maximum Gasteiger partial charge on any atom is 0.346 e. The summed E-state index contributed by atoms with van der Waals surface area (Å²) < 4.78 is 0. The Balaban J connectivity index is 0.00000144. The Morgan fingerprint density at radius 2 is 1.85 bits per heavy atom. The van der Waals surface area contributed by atoms with Crippen molar-refractivity contribution in [1.82, 2.24) is 0 Å². The van der Waals surface area contributed by atoms with E-state index >= 15 is 0 Å². The van der Waals surface area contributed by atoms with Crippen LogP contribution in [0, 0.1) is 0 Å². The number of nitrogen functional groups attached to an aromatic ring is 1. The third-order valence-electron chi connectivity index (χ3n) is 1.23. The number of carbonyl (C=O) groups is 2. The number of hydrogen-bond acceptors (Lipinski definition) is 4. The molecule has 13 heavy (non-hydrogen) atoms. The van der Waals surface area contributed by atoms with Crippen molar-refractivity contribution in [3.8, 4) is 0 Å². The van der Waals surface area contributed by atoms with Crippen LogP contribution in [0.1, 0.15) is 20.0 Å². The molecule has 1 aromatic heterocycles. The molecule has 0 atom stereocenters. The quantitative estimate of drug-likeness (QED) is 0.698. The second-order valence-corrected chi connectivity index (χ2v) is 2.89. The molecule has 0 aliphatic carbocycles. The average Bonchev–Trinajstić information content (AvgIpc) is 2.30.